The van der Waals surface area contributed by atoms with Gasteiger partial charge in [-0.25, -0.2) is 0 Å². The van der Waals surface area contributed by atoms with E-state index in [0.717, 1.165) is 24.2 Å². The molecular weight excluding hydrogens is 619 g/mol. The van der Waals surface area contributed by atoms with Crippen molar-refractivity contribution in [2.45, 2.75) is 27.1 Å². The number of carbonyl (C=O) groups is 5. The van der Waals surface area contributed by atoms with Crippen LogP contribution in [-0.2, 0) is 41.8 Å². The lowest BCUT2D eigenvalue weighted by Crippen LogP contribution is -2.25. The van der Waals surface area contributed by atoms with Crippen LogP contribution in [0.25, 0.3) is 6.08 Å². The lowest BCUT2D eigenvalue weighted by molar-refractivity contribution is -0.120. The van der Waals surface area contributed by atoms with E-state index in [1.54, 1.807) is 55.7 Å². The molecule has 0 saturated carbocycles. The molecule has 2 aromatic rings. The zero-order chi connectivity index (χ0) is 36.9. The first-order chi connectivity index (χ1) is 22.8. The third-order valence-corrected chi connectivity index (χ3v) is 5.28. The van der Waals surface area contributed by atoms with Crippen molar-refractivity contribution < 1.29 is 47.7 Å². The number of likely N-dealkylation sites (N-methyl/N-ethyl adjacent to an activating group) is 2. The average molecular weight is 663 g/mol. The summed E-state index contributed by atoms with van der Waals surface area (Å²) in [6, 6.07) is 11.9. The molecule has 0 unspecified atom stereocenters. The van der Waals surface area contributed by atoms with Gasteiger partial charge in [0.2, 0.25) is 47.6 Å². The first-order valence-corrected chi connectivity index (χ1v) is 14.6. The molecule has 6 radical (unpaired) electrons. The Morgan fingerprint density at radius 2 is 1.29 bits per heavy atom. The van der Waals surface area contributed by atoms with Crippen molar-refractivity contribution in [2.75, 3.05) is 66.9 Å². The molecule has 48 heavy (non-hydrogen) atoms. The minimum Gasteiger partial charge on any atom is -0.470 e. The molecule has 256 valence electrons. The molecule has 16 heteroatoms. The Bertz CT molecular complexity index is 1230. The monoisotopic (exact) mass is 663 g/mol. The molecule has 1 N–H and O–H groups in total. The minimum atomic E-state index is -0.939. The van der Waals surface area contributed by atoms with E-state index in [9.17, 15) is 24.0 Å². The van der Waals surface area contributed by atoms with Crippen molar-refractivity contribution in [1.29, 1.82) is 0 Å². The molecule has 0 aliphatic carbocycles. The third kappa shape index (κ3) is 25.8. The van der Waals surface area contributed by atoms with E-state index in [0.29, 0.717) is 42.1 Å². The number of benzene rings is 2. The minimum absolute atomic E-state index is 0.0595. The smallest absolute Gasteiger partial charge is 0.298 e. The first kappa shape index (κ1) is 45.7. The second-order valence-corrected chi connectivity index (χ2v) is 9.71. The van der Waals surface area contributed by atoms with Gasteiger partial charge in [0.1, 0.15) is 25.6 Å². The topological polar surface area (TPSA) is 150 Å². The summed E-state index contributed by atoms with van der Waals surface area (Å²) in [5.74, 6) is -2.45. The lowest BCUT2D eigenvalue weighted by Gasteiger charge is -2.13. The van der Waals surface area contributed by atoms with E-state index in [1.165, 1.54) is 0 Å². The summed E-state index contributed by atoms with van der Waals surface area (Å²) in [5, 5.41) is 2.50. The molecule has 1 amide bonds. The van der Waals surface area contributed by atoms with Crippen molar-refractivity contribution in [3.05, 3.63) is 64.7 Å². The molecule has 13 nitrogen and oxygen atoms in total. The summed E-state index contributed by atoms with van der Waals surface area (Å²) in [4.78, 5) is 56.7. The van der Waals surface area contributed by atoms with Crippen LogP contribution in [0.3, 0.4) is 0 Å². The van der Waals surface area contributed by atoms with Gasteiger partial charge in [0, 0.05) is 37.0 Å². The Labute approximate surface area is 287 Å². The summed E-state index contributed by atoms with van der Waals surface area (Å²) in [6.07, 6.45) is 2.22. The molecule has 0 atom stereocenters. The maximum absolute atomic E-state index is 10.6. The summed E-state index contributed by atoms with van der Waals surface area (Å²) >= 11 is 0. The SMILES string of the molecule is CC.CN(C)CCN(C)C.[B]C(=O)OCC(=Cc1ccc(NC=O)cc1)COC([B])=O.[B]C(=O)OCc1cc(COC)ccc1OC=O. The highest BCUT2D eigenvalue weighted by Gasteiger charge is 2.07. The Morgan fingerprint density at radius 3 is 1.71 bits per heavy atom. The normalized spacial score (nSPS) is 9.52. The molecule has 0 heterocycles. The number of carbonyl (C=O) groups excluding carboxylic acids is 5. The fourth-order valence-electron chi connectivity index (χ4n) is 3.15. The quantitative estimate of drug-likeness (QED) is 0.159. The fraction of sp³-hybridized carbons (Fsp3) is 0.406. The highest BCUT2D eigenvalue weighted by atomic mass is 16.5. The number of anilines is 1. The predicted octanol–water partition coefficient (Wildman–Crippen LogP) is 3.56. The second kappa shape index (κ2) is 28.8. The van der Waals surface area contributed by atoms with Gasteiger partial charge in [0.15, 0.2) is 0 Å². The molecule has 0 aliphatic rings. The van der Waals surface area contributed by atoms with Gasteiger partial charge < -0.3 is 38.8 Å². The number of hydrogen-bond donors (Lipinski definition) is 1. The average Bonchev–Trinajstić information content (AvgIpc) is 3.04. The first-order valence-electron chi connectivity index (χ1n) is 14.6. The molecule has 0 fully saturated rings. The summed E-state index contributed by atoms with van der Waals surface area (Å²) in [6.45, 7) is 6.69. The number of nitrogens with one attached hydrogen (secondary N) is 1. The van der Waals surface area contributed by atoms with Gasteiger partial charge in [0.05, 0.1) is 6.61 Å². The number of methoxy groups -OCH3 is 1. The molecule has 0 aromatic heterocycles. The van der Waals surface area contributed by atoms with Gasteiger partial charge in [-0.15, -0.1) is 0 Å². The van der Waals surface area contributed by atoms with Gasteiger partial charge in [0.25, 0.3) is 6.47 Å². The predicted molar refractivity (Wildman–Crippen MR) is 187 cm³/mol. The number of rotatable bonds is 16. The molecule has 0 saturated heterocycles. The van der Waals surface area contributed by atoms with Crippen LogP contribution in [0.2, 0.25) is 0 Å². The highest BCUT2D eigenvalue weighted by Crippen LogP contribution is 2.21. The van der Waals surface area contributed by atoms with Crippen LogP contribution < -0.4 is 10.1 Å². The van der Waals surface area contributed by atoms with E-state index < -0.39 is 17.6 Å². The van der Waals surface area contributed by atoms with Crippen LogP contribution >= 0.6 is 0 Å². The van der Waals surface area contributed by atoms with Crippen LogP contribution in [0.1, 0.15) is 30.5 Å². The van der Waals surface area contributed by atoms with Gasteiger partial charge in [-0.05, 0) is 69.7 Å². The molecule has 0 bridgehead atoms. The second-order valence-electron chi connectivity index (χ2n) is 9.71. The maximum atomic E-state index is 10.6. The molecule has 2 aromatic carbocycles. The molecule has 0 spiro atoms. The zero-order valence-corrected chi connectivity index (χ0v) is 28.7. The largest absolute Gasteiger partial charge is 0.470 e. The molecule has 2 rings (SSSR count). The van der Waals surface area contributed by atoms with E-state index in [-0.39, 0.29) is 19.8 Å². The molecule has 0 aliphatic heterocycles. The number of nitrogens with zero attached hydrogens (tertiary/aromatic N) is 2. The Kier molecular flexibility index (Phi) is 27.4. The van der Waals surface area contributed by atoms with Crippen molar-refractivity contribution in [1.82, 2.24) is 9.80 Å². The van der Waals surface area contributed by atoms with Crippen LogP contribution in [0.4, 0.5) is 20.1 Å². The van der Waals surface area contributed by atoms with Crippen LogP contribution in [0.15, 0.2) is 48.0 Å². The third-order valence-electron chi connectivity index (χ3n) is 5.28. The van der Waals surface area contributed by atoms with Gasteiger partial charge in [-0.1, -0.05) is 32.0 Å². The maximum Gasteiger partial charge on any atom is 0.298 e. The summed E-state index contributed by atoms with van der Waals surface area (Å²) < 4.78 is 23.7. The summed E-state index contributed by atoms with van der Waals surface area (Å²) in [7, 11) is 24.5. The van der Waals surface area contributed by atoms with Crippen LogP contribution in [0.5, 0.6) is 5.75 Å². The van der Waals surface area contributed by atoms with E-state index in [1.807, 2.05) is 13.8 Å². The Balaban J connectivity index is 0. The van der Waals surface area contributed by atoms with Crippen molar-refractivity contribution in [3.63, 3.8) is 0 Å². The van der Waals surface area contributed by atoms with E-state index in [2.05, 4.69) is 57.5 Å². The fourth-order valence-corrected chi connectivity index (χ4v) is 3.15. The van der Waals surface area contributed by atoms with Gasteiger partial charge in [-0.2, -0.15) is 0 Å². The Hall–Kier alpha value is -4.40. The van der Waals surface area contributed by atoms with Gasteiger partial charge in [-0.3, -0.25) is 24.0 Å². The number of amides is 1. The zero-order valence-electron chi connectivity index (χ0n) is 28.7. The Morgan fingerprint density at radius 1 is 0.771 bits per heavy atom. The lowest BCUT2D eigenvalue weighted by atomic mass is 10.1. The molecular formula is C32H44B3N3O10. The van der Waals surface area contributed by atoms with Gasteiger partial charge >= 0.3 is 0 Å². The highest BCUT2D eigenvalue weighted by molar-refractivity contribution is 6.55. The summed E-state index contributed by atoms with van der Waals surface area (Å²) in [5.41, 5.74) is 3.29. The standard InChI is InChI=1S/C13H11B2NO5.C11H11BO5.C6H16N2.C2H6/c14-12(18)20-6-10(7-21-13(15)19)5-9-1-3-11(4-2-9)16-8-17;1-15-5-8-2-3-10(17-7-13)9(4-8)6-16-11(12)14;1-7(2)5-6-8(3)4;1-2/h1-5,8H,6-7H2,(H,16,17);2-4,7H,5-6H2,1H3;5-6H2,1-4H3;1-2H3. The van der Waals surface area contributed by atoms with Crippen molar-refractivity contribution in [2.24, 2.45) is 0 Å². The van der Waals surface area contributed by atoms with E-state index in [4.69, 9.17) is 33.0 Å². The van der Waals surface area contributed by atoms with Crippen LogP contribution in [0, 0.1) is 0 Å². The van der Waals surface area contributed by atoms with Crippen molar-refractivity contribution >= 4 is 65.8 Å². The number of ether oxygens (including phenoxy) is 5. The van der Waals surface area contributed by atoms with E-state index >= 15 is 0 Å². The van der Waals surface area contributed by atoms with Crippen LogP contribution in [-0.4, -0.2) is 125 Å². The van der Waals surface area contributed by atoms with Crippen molar-refractivity contribution in [3.8, 4) is 5.75 Å². The number of hydrogen-bond acceptors (Lipinski definition) is 12.